The van der Waals surface area contributed by atoms with Gasteiger partial charge in [0.25, 0.3) is 0 Å². The third-order valence-corrected chi connectivity index (χ3v) is 2.71. The van der Waals surface area contributed by atoms with Gasteiger partial charge in [-0.3, -0.25) is 5.10 Å². The Kier molecular flexibility index (Phi) is 4.15. The Bertz CT molecular complexity index is 544. The molecular formula is C12H12ClN5. The molecule has 6 heteroatoms. The van der Waals surface area contributed by atoms with Crippen molar-refractivity contribution in [3.63, 3.8) is 0 Å². The van der Waals surface area contributed by atoms with Gasteiger partial charge >= 0.3 is 0 Å². The molecule has 0 aliphatic heterocycles. The first-order chi connectivity index (χ1) is 8.79. The summed E-state index contributed by atoms with van der Waals surface area (Å²) in [6, 6.07) is 7.30. The highest BCUT2D eigenvalue weighted by atomic mass is 35.5. The van der Waals surface area contributed by atoms with Gasteiger partial charge in [0.15, 0.2) is 0 Å². The van der Waals surface area contributed by atoms with Crippen LogP contribution in [0.1, 0.15) is 17.8 Å². The minimum atomic E-state index is 0.596. The summed E-state index contributed by atoms with van der Waals surface area (Å²) in [6.07, 6.45) is 3.20. The molecule has 0 atom stereocenters. The summed E-state index contributed by atoms with van der Waals surface area (Å²) in [6.45, 7) is 0.746. The van der Waals surface area contributed by atoms with Crippen molar-refractivity contribution < 1.29 is 0 Å². The lowest BCUT2D eigenvalue weighted by Crippen LogP contribution is -2.05. The van der Waals surface area contributed by atoms with Crippen LogP contribution in [0.15, 0.2) is 24.5 Å². The Balaban J connectivity index is 1.86. The van der Waals surface area contributed by atoms with Gasteiger partial charge in [0.05, 0.1) is 11.3 Å². The molecule has 5 nitrogen and oxygen atoms in total. The van der Waals surface area contributed by atoms with Crippen LogP contribution in [0.4, 0.5) is 5.69 Å². The highest BCUT2D eigenvalue weighted by Crippen LogP contribution is 2.20. The van der Waals surface area contributed by atoms with Crippen molar-refractivity contribution >= 4 is 17.3 Å². The molecule has 0 fully saturated rings. The predicted molar refractivity (Wildman–Crippen MR) is 69.4 cm³/mol. The number of nitrogens with one attached hydrogen (secondary N) is 2. The van der Waals surface area contributed by atoms with Crippen molar-refractivity contribution in [2.24, 2.45) is 0 Å². The number of benzene rings is 1. The van der Waals surface area contributed by atoms with Crippen molar-refractivity contribution in [2.45, 2.75) is 12.8 Å². The van der Waals surface area contributed by atoms with Crippen molar-refractivity contribution in [1.29, 1.82) is 5.26 Å². The number of nitrogens with zero attached hydrogens (tertiary/aromatic N) is 3. The minimum absolute atomic E-state index is 0.596. The SMILES string of the molecule is N#Cc1ccc(Cl)cc1NCCCc1ncn[nH]1. The molecule has 2 rings (SSSR count). The second kappa shape index (κ2) is 6.03. The second-order valence-corrected chi connectivity index (χ2v) is 4.20. The van der Waals surface area contributed by atoms with Crippen LogP contribution in [0.3, 0.4) is 0 Å². The predicted octanol–water partition coefficient (Wildman–Crippen LogP) is 2.37. The van der Waals surface area contributed by atoms with Gasteiger partial charge in [-0.2, -0.15) is 10.4 Å². The molecule has 1 aromatic heterocycles. The van der Waals surface area contributed by atoms with E-state index in [2.05, 4.69) is 26.6 Å². The molecular weight excluding hydrogens is 250 g/mol. The molecule has 0 spiro atoms. The van der Waals surface area contributed by atoms with Gasteiger partial charge < -0.3 is 5.32 Å². The van der Waals surface area contributed by atoms with Crippen LogP contribution in [0, 0.1) is 11.3 Å². The maximum absolute atomic E-state index is 8.96. The molecule has 0 saturated carbocycles. The first-order valence-corrected chi connectivity index (χ1v) is 5.95. The lowest BCUT2D eigenvalue weighted by Gasteiger charge is -2.07. The number of hydrogen-bond acceptors (Lipinski definition) is 4. The Morgan fingerprint density at radius 1 is 1.44 bits per heavy atom. The van der Waals surface area contributed by atoms with E-state index in [1.165, 1.54) is 6.33 Å². The molecule has 2 N–H and O–H groups in total. The first kappa shape index (κ1) is 12.4. The molecule has 0 aliphatic rings. The summed E-state index contributed by atoms with van der Waals surface area (Å²) in [4.78, 5) is 4.04. The lowest BCUT2D eigenvalue weighted by atomic mass is 10.2. The zero-order valence-corrected chi connectivity index (χ0v) is 10.4. The Hall–Kier alpha value is -2.06. The molecule has 1 heterocycles. The van der Waals surface area contributed by atoms with Gasteiger partial charge in [-0.15, -0.1) is 0 Å². The van der Waals surface area contributed by atoms with Crippen molar-refractivity contribution in [3.05, 3.63) is 40.9 Å². The van der Waals surface area contributed by atoms with E-state index in [-0.39, 0.29) is 0 Å². The zero-order valence-electron chi connectivity index (χ0n) is 9.65. The first-order valence-electron chi connectivity index (χ1n) is 5.57. The normalized spacial score (nSPS) is 10.0. The second-order valence-electron chi connectivity index (χ2n) is 3.76. The zero-order chi connectivity index (χ0) is 12.8. The van der Waals surface area contributed by atoms with E-state index in [0.717, 1.165) is 30.9 Å². The number of aromatic nitrogens is 3. The molecule has 18 heavy (non-hydrogen) atoms. The van der Waals surface area contributed by atoms with E-state index < -0.39 is 0 Å². The summed E-state index contributed by atoms with van der Waals surface area (Å²) in [5, 5.41) is 19.4. The maximum Gasteiger partial charge on any atom is 0.137 e. The van der Waals surface area contributed by atoms with E-state index >= 15 is 0 Å². The summed E-state index contributed by atoms with van der Waals surface area (Å²) in [5.41, 5.74) is 1.36. The monoisotopic (exact) mass is 261 g/mol. The van der Waals surface area contributed by atoms with Crippen LogP contribution in [-0.4, -0.2) is 21.7 Å². The average molecular weight is 262 g/mol. The van der Waals surface area contributed by atoms with Gasteiger partial charge in [0.1, 0.15) is 18.2 Å². The van der Waals surface area contributed by atoms with E-state index in [1.807, 2.05) is 0 Å². The number of nitriles is 1. The van der Waals surface area contributed by atoms with Crippen LogP contribution >= 0.6 is 11.6 Å². The molecule has 0 bridgehead atoms. The summed E-state index contributed by atoms with van der Waals surface area (Å²) in [5.74, 6) is 0.864. The minimum Gasteiger partial charge on any atom is -0.384 e. The Labute approximate surface area is 110 Å². The van der Waals surface area contributed by atoms with Crippen molar-refractivity contribution in [3.8, 4) is 6.07 Å². The van der Waals surface area contributed by atoms with Crippen LogP contribution in [0.25, 0.3) is 0 Å². The number of rotatable bonds is 5. The van der Waals surface area contributed by atoms with E-state index in [1.54, 1.807) is 18.2 Å². The fourth-order valence-electron chi connectivity index (χ4n) is 1.59. The van der Waals surface area contributed by atoms with E-state index in [9.17, 15) is 0 Å². The Morgan fingerprint density at radius 3 is 3.06 bits per heavy atom. The highest BCUT2D eigenvalue weighted by Gasteiger charge is 2.02. The molecule has 92 valence electrons. The molecule has 0 amide bonds. The fraction of sp³-hybridized carbons (Fsp3) is 0.250. The van der Waals surface area contributed by atoms with Crippen LogP contribution in [0.2, 0.25) is 5.02 Å². The smallest absolute Gasteiger partial charge is 0.137 e. The van der Waals surface area contributed by atoms with Crippen LogP contribution < -0.4 is 5.32 Å². The third kappa shape index (κ3) is 3.22. The number of H-pyrrole nitrogens is 1. The topological polar surface area (TPSA) is 77.4 Å². The molecule has 0 radical (unpaired) electrons. The molecule has 0 unspecified atom stereocenters. The van der Waals surface area contributed by atoms with Gasteiger partial charge in [-0.05, 0) is 24.6 Å². The van der Waals surface area contributed by atoms with Crippen molar-refractivity contribution in [1.82, 2.24) is 15.2 Å². The molecule has 1 aromatic carbocycles. The van der Waals surface area contributed by atoms with E-state index in [4.69, 9.17) is 16.9 Å². The van der Waals surface area contributed by atoms with Gasteiger partial charge in [0, 0.05) is 18.0 Å². The quantitative estimate of drug-likeness (QED) is 0.810. The van der Waals surface area contributed by atoms with Crippen LogP contribution in [0.5, 0.6) is 0 Å². The number of aromatic amines is 1. The van der Waals surface area contributed by atoms with Gasteiger partial charge in [0.2, 0.25) is 0 Å². The number of aryl methyl sites for hydroxylation is 1. The summed E-state index contributed by atoms with van der Waals surface area (Å²) >= 11 is 5.90. The maximum atomic E-state index is 8.96. The van der Waals surface area contributed by atoms with Crippen LogP contribution in [-0.2, 0) is 6.42 Å². The highest BCUT2D eigenvalue weighted by molar-refractivity contribution is 6.30. The number of hydrogen-bond donors (Lipinski definition) is 2. The largest absolute Gasteiger partial charge is 0.384 e. The summed E-state index contributed by atoms with van der Waals surface area (Å²) in [7, 11) is 0. The standard InChI is InChI=1S/C12H12ClN5/c13-10-4-3-9(7-14)11(6-10)15-5-1-2-12-16-8-17-18-12/h3-4,6,8,15H,1-2,5H2,(H,16,17,18). The fourth-order valence-corrected chi connectivity index (χ4v) is 1.76. The molecule has 2 aromatic rings. The lowest BCUT2D eigenvalue weighted by molar-refractivity contribution is 0.805. The van der Waals surface area contributed by atoms with Crippen molar-refractivity contribution in [2.75, 3.05) is 11.9 Å². The third-order valence-electron chi connectivity index (χ3n) is 2.47. The van der Waals surface area contributed by atoms with E-state index in [0.29, 0.717) is 10.6 Å². The average Bonchev–Trinajstić information content (AvgIpc) is 2.88. The Morgan fingerprint density at radius 2 is 2.33 bits per heavy atom. The van der Waals surface area contributed by atoms with Gasteiger partial charge in [-0.1, -0.05) is 11.6 Å². The molecule has 0 aliphatic carbocycles. The molecule has 0 saturated heterocycles. The van der Waals surface area contributed by atoms with Gasteiger partial charge in [-0.25, -0.2) is 4.98 Å². The number of halogens is 1. The summed E-state index contributed by atoms with van der Waals surface area (Å²) < 4.78 is 0. The number of anilines is 1.